The molecule has 3 atom stereocenters. The first-order valence-corrected chi connectivity index (χ1v) is 13.9. The van der Waals surface area contributed by atoms with Crippen molar-refractivity contribution >= 4 is 14.0 Å². The highest BCUT2D eigenvalue weighted by atomic mass is 31.1. The van der Waals surface area contributed by atoms with E-state index in [0.29, 0.717) is 18.7 Å². The van der Waals surface area contributed by atoms with Gasteiger partial charge in [0, 0.05) is 6.16 Å². The van der Waals surface area contributed by atoms with Gasteiger partial charge in [0.2, 0.25) is 0 Å². The SMILES string of the molecule is CCCCCCCCCCC(C)O[PH](=O)CC(CC1CCCCC1)C(=O)OCC. The molecule has 0 saturated heterocycles. The molecular weight excluding hydrogens is 383 g/mol. The Hall–Kier alpha value is -0.340. The van der Waals surface area contributed by atoms with Gasteiger partial charge >= 0.3 is 5.97 Å². The van der Waals surface area contributed by atoms with E-state index in [4.69, 9.17) is 9.26 Å². The van der Waals surface area contributed by atoms with Crippen molar-refractivity contribution in [2.24, 2.45) is 11.8 Å². The molecule has 0 aromatic carbocycles. The van der Waals surface area contributed by atoms with Crippen LogP contribution in [0.15, 0.2) is 0 Å². The minimum absolute atomic E-state index is 0.0130. The lowest BCUT2D eigenvalue weighted by molar-refractivity contribution is -0.148. The molecule has 0 aromatic heterocycles. The molecule has 0 N–H and O–H groups in total. The lowest BCUT2D eigenvalue weighted by Gasteiger charge is -2.25. The highest BCUT2D eigenvalue weighted by Crippen LogP contribution is 2.35. The Morgan fingerprint density at radius 1 is 0.966 bits per heavy atom. The molecule has 0 amide bonds. The van der Waals surface area contributed by atoms with Gasteiger partial charge in [-0.15, -0.1) is 0 Å². The normalized spacial score (nSPS) is 18.3. The van der Waals surface area contributed by atoms with Gasteiger partial charge in [-0.2, -0.15) is 0 Å². The highest BCUT2D eigenvalue weighted by Gasteiger charge is 2.27. The minimum atomic E-state index is -2.21. The molecule has 29 heavy (non-hydrogen) atoms. The van der Waals surface area contributed by atoms with E-state index in [1.165, 1.54) is 77.0 Å². The summed E-state index contributed by atoms with van der Waals surface area (Å²) in [5.41, 5.74) is 0. The van der Waals surface area contributed by atoms with Crippen LogP contribution in [0, 0.1) is 11.8 Å². The summed E-state index contributed by atoms with van der Waals surface area (Å²) >= 11 is 0. The van der Waals surface area contributed by atoms with Crippen LogP contribution in [0.2, 0.25) is 0 Å². The number of esters is 1. The summed E-state index contributed by atoms with van der Waals surface area (Å²) in [5.74, 6) is 0.123. The largest absolute Gasteiger partial charge is 0.466 e. The second-order valence-electron chi connectivity index (χ2n) is 8.96. The summed E-state index contributed by atoms with van der Waals surface area (Å²) in [6.45, 7) is 6.49. The van der Waals surface area contributed by atoms with E-state index in [2.05, 4.69) is 6.92 Å². The van der Waals surface area contributed by atoms with Crippen LogP contribution >= 0.6 is 8.03 Å². The molecule has 0 bridgehead atoms. The Labute approximate surface area is 180 Å². The maximum absolute atomic E-state index is 12.6. The van der Waals surface area contributed by atoms with E-state index >= 15 is 0 Å². The molecule has 1 rings (SSSR count). The van der Waals surface area contributed by atoms with E-state index in [1.54, 1.807) is 0 Å². The van der Waals surface area contributed by atoms with Crippen LogP contribution in [0.25, 0.3) is 0 Å². The van der Waals surface area contributed by atoms with E-state index in [1.807, 2.05) is 13.8 Å². The first-order valence-electron chi connectivity index (χ1n) is 12.4. The van der Waals surface area contributed by atoms with Gasteiger partial charge in [0.1, 0.15) is 0 Å². The fraction of sp³-hybridized carbons (Fsp3) is 0.958. The molecule has 0 radical (unpaired) electrons. The molecule has 0 aromatic rings. The van der Waals surface area contributed by atoms with Gasteiger partial charge in [-0.3, -0.25) is 9.36 Å². The first kappa shape index (κ1) is 26.7. The molecule has 4 nitrogen and oxygen atoms in total. The predicted octanol–water partition coefficient (Wildman–Crippen LogP) is 7.55. The molecule has 1 aliphatic carbocycles. The van der Waals surface area contributed by atoms with Crippen LogP contribution in [0.3, 0.4) is 0 Å². The lowest BCUT2D eigenvalue weighted by atomic mass is 9.83. The number of hydrogen-bond acceptors (Lipinski definition) is 4. The topological polar surface area (TPSA) is 52.6 Å². The quantitative estimate of drug-likeness (QED) is 0.136. The molecular formula is C24H47O4P. The van der Waals surface area contributed by atoms with Crippen molar-refractivity contribution in [3.05, 3.63) is 0 Å². The zero-order chi connectivity index (χ0) is 21.3. The molecule has 0 spiro atoms. The average molecular weight is 431 g/mol. The van der Waals surface area contributed by atoms with Crippen LogP contribution in [-0.2, 0) is 18.6 Å². The number of rotatable bonds is 17. The third-order valence-corrected chi connectivity index (χ3v) is 7.66. The smallest absolute Gasteiger partial charge is 0.309 e. The molecule has 0 aliphatic heterocycles. The van der Waals surface area contributed by atoms with Crippen molar-refractivity contribution in [2.45, 2.75) is 123 Å². The Balaban J connectivity index is 2.26. The van der Waals surface area contributed by atoms with Crippen molar-refractivity contribution < 1.29 is 18.6 Å². The van der Waals surface area contributed by atoms with Crippen LogP contribution in [0.1, 0.15) is 117 Å². The number of carbonyl (C=O) groups excluding carboxylic acids is 1. The van der Waals surface area contributed by atoms with E-state index in [0.717, 1.165) is 19.3 Å². The highest BCUT2D eigenvalue weighted by molar-refractivity contribution is 7.39. The molecule has 1 fully saturated rings. The maximum Gasteiger partial charge on any atom is 0.309 e. The summed E-state index contributed by atoms with van der Waals surface area (Å²) in [6.07, 6.45) is 18.7. The van der Waals surface area contributed by atoms with Gasteiger partial charge in [-0.05, 0) is 32.6 Å². The van der Waals surface area contributed by atoms with Crippen LogP contribution in [-0.4, -0.2) is 24.8 Å². The summed E-state index contributed by atoms with van der Waals surface area (Å²) < 4.78 is 23.7. The summed E-state index contributed by atoms with van der Waals surface area (Å²) in [4.78, 5) is 12.4. The summed E-state index contributed by atoms with van der Waals surface area (Å²) in [7, 11) is -2.21. The second-order valence-corrected chi connectivity index (χ2v) is 10.3. The molecule has 0 heterocycles. The Kier molecular flexibility index (Phi) is 16.0. The summed E-state index contributed by atoms with van der Waals surface area (Å²) in [5, 5.41) is 0. The monoisotopic (exact) mass is 430 g/mol. The number of ether oxygens (including phenoxy) is 1. The predicted molar refractivity (Wildman–Crippen MR) is 123 cm³/mol. The van der Waals surface area contributed by atoms with E-state index in [9.17, 15) is 9.36 Å². The molecule has 1 aliphatic rings. The molecule has 1 saturated carbocycles. The average Bonchev–Trinajstić information content (AvgIpc) is 2.70. The fourth-order valence-corrected chi connectivity index (χ4v) is 5.85. The second kappa shape index (κ2) is 17.4. The number of carbonyl (C=O) groups is 1. The van der Waals surface area contributed by atoms with Crippen LogP contribution < -0.4 is 0 Å². The standard InChI is InChI=1S/C24H47O4P/c1-4-6-7-8-9-10-11-13-16-21(3)28-29(26)20-23(24(25)27-5-2)19-22-17-14-12-15-18-22/h21-23,29H,4-20H2,1-3H3. The van der Waals surface area contributed by atoms with Gasteiger partial charge in [-0.25, -0.2) is 0 Å². The van der Waals surface area contributed by atoms with Gasteiger partial charge in [0.25, 0.3) is 0 Å². The maximum atomic E-state index is 12.6. The van der Waals surface area contributed by atoms with Crippen molar-refractivity contribution in [3.8, 4) is 0 Å². The first-order chi connectivity index (χ1) is 14.1. The third-order valence-electron chi connectivity index (χ3n) is 6.17. The summed E-state index contributed by atoms with van der Waals surface area (Å²) in [6, 6.07) is 0. The fourth-order valence-electron chi connectivity index (χ4n) is 4.45. The van der Waals surface area contributed by atoms with E-state index in [-0.39, 0.29) is 18.0 Å². The molecule has 172 valence electrons. The van der Waals surface area contributed by atoms with E-state index < -0.39 is 8.03 Å². The van der Waals surface area contributed by atoms with Gasteiger partial charge in [0.15, 0.2) is 8.03 Å². The van der Waals surface area contributed by atoms with Crippen LogP contribution in [0.4, 0.5) is 0 Å². The van der Waals surface area contributed by atoms with Crippen molar-refractivity contribution in [1.82, 2.24) is 0 Å². The Bertz CT molecular complexity index is 435. The van der Waals surface area contributed by atoms with Crippen molar-refractivity contribution in [1.29, 1.82) is 0 Å². The van der Waals surface area contributed by atoms with Gasteiger partial charge in [0.05, 0.1) is 18.6 Å². The molecule has 3 unspecified atom stereocenters. The third kappa shape index (κ3) is 13.6. The zero-order valence-electron chi connectivity index (χ0n) is 19.4. The lowest BCUT2D eigenvalue weighted by Crippen LogP contribution is -2.24. The van der Waals surface area contributed by atoms with Crippen molar-refractivity contribution in [3.63, 3.8) is 0 Å². The Morgan fingerprint density at radius 3 is 2.21 bits per heavy atom. The molecule has 5 heteroatoms. The van der Waals surface area contributed by atoms with Gasteiger partial charge in [-0.1, -0.05) is 90.4 Å². The van der Waals surface area contributed by atoms with Crippen LogP contribution in [0.5, 0.6) is 0 Å². The minimum Gasteiger partial charge on any atom is -0.466 e. The van der Waals surface area contributed by atoms with Crippen molar-refractivity contribution in [2.75, 3.05) is 12.8 Å². The van der Waals surface area contributed by atoms with Gasteiger partial charge < -0.3 is 9.26 Å². The Morgan fingerprint density at radius 2 is 1.59 bits per heavy atom. The number of hydrogen-bond donors (Lipinski definition) is 0. The number of unbranched alkanes of at least 4 members (excludes halogenated alkanes) is 7. The zero-order valence-corrected chi connectivity index (χ0v) is 20.4.